The van der Waals surface area contributed by atoms with Crippen molar-refractivity contribution >= 4 is 0 Å². The molecule has 2 aromatic carbocycles. The van der Waals surface area contributed by atoms with Crippen LogP contribution in [0.1, 0.15) is 17.2 Å². The standard InChI is InChI=1S/C15H17NO3/c16-9-10-19-15(11-5-1-3-7-13(11)17)12-6-2-4-8-14(12)18/h1-8,15,17-18H,9-10,16H2. The van der Waals surface area contributed by atoms with E-state index >= 15 is 0 Å². The lowest BCUT2D eigenvalue weighted by atomic mass is 9.99. The number of hydrogen-bond donors (Lipinski definition) is 3. The molecule has 2 rings (SSSR count). The molecule has 2 aromatic rings. The molecule has 0 aliphatic heterocycles. The molecular weight excluding hydrogens is 242 g/mol. The fourth-order valence-corrected chi connectivity index (χ4v) is 1.95. The summed E-state index contributed by atoms with van der Waals surface area (Å²) >= 11 is 0. The highest BCUT2D eigenvalue weighted by atomic mass is 16.5. The summed E-state index contributed by atoms with van der Waals surface area (Å²) in [5, 5.41) is 19.9. The van der Waals surface area contributed by atoms with E-state index in [4.69, 9.17) is 10.5 Å². The largest absolute Gasteiger partial charge is 0.508 e. The van der Waals surface area contributed by atoms with Crippen LogP contribution in [0, 0.1) is 0 Å². The highest BCUT2D eigenvalue weighted by Crippen LogP contribution is 2.35. The van der Waals surface area contributed by atoms with Crippen LogP contribution < -0.4 is 5.73 Å². The average molecular weight is 259 g/mol. The maximum Gasteiger partial charge on any atom is 0.121 e. The maximum absolute atomic E-state index is 9.94. The van der Waals surface area contributed by atoms with E-state index in [1.54, 1.807) is 36.4 Å². The number of para-hydroxylation sites is 2. The molecule has 0 saturated carbocycles. The summed E-state index contributed by atoms with van der Waals surface area (Å²) in [5.74, 6) is 0.264. The van der Waals surface area contributed by atoms with Crippen LogP contribution in [0.3, 0.4) is 0 Å². The van der Waals surface area contributed by atoms with Gasteiger partial charge in [-0.15, -0.1) is 0 Å². The summed E-state index contributed by atoms with van der Waals surface area (Å²) in [6.45, 7) is 0.713. The van der Waals surface area contributed by atoms with Crippen molar-refractivity contribution in [3.63, 3.8) is 0 Å². The van der Waals surface area contributed by atoms with Crippen LogP contribution in [0.2, 0.25) is 0 Å². The predicted octanol–water partition coefficient (Wildman–Crippen LogP) is 2.16. The van der Waals surface area contributed by atoms with Crippen molar-refractivity contribution in [1.82, 2.24) is 0 Å². The molecule has 0 atom stereocenters. The van der Waals surface area contributed by atoms with E-state index in [1.807, 2.05) is 12.1 Å². The van der Waals surface area contributed by atoms with E-state index in [0.717, 1.165) is 0 Å². The number of aromatic hydroxyl groups is 2. The first kappa shape index (κ1) is 13.4. The number of phenols is 2. The predicted molar refractivity (Wildman–Crippen MR) is 73.1 cm³/mol. The lowest BCUT2D eigenvalue weighted by Crippen LogP contribution is -2.14. The summed E-state index contributed by atoms with van der Waals surface area (Å²) in [7, 11) is 0. The van der Waals surface area contributed by atoms with Crippen molar-refractivity contribution in [2.24, 2.45) is 5.73 Å². The van der Waals surface area contributed by atoms with Crippen LogP contribution in [0.4, 0.5) is 0 Å². The SMILES string of the molecule is NCCOC(c1ccccc1O)c1ccccc1O. The fourth-order valence-electron chi connectivity index (χ4n) is 1.95. The van der Waals surface area contributed by atoms with Crippen LogP contribution in [0.25, 0.3) is 0 Å². The zero-order valence-electron chi connectivity index (χ0n) is 10.5. The van der Waals surface area contributed by atoms with Crippen molar-refractivity contribution < 1.29 is 14.9 Å². The molecule has 4 nitrogen and oxygen atoms in total. The van der Waals surface area contributed by atoms with E-state index in [0.29, 0.717) is 24.3 Å². The van der Waals surface area contributed by atoms with Crippen LogP contribution in [-0.4, -0.2) is 23.4 Å². The quantitative estimate of drug-likeness (QED) is 0.769. The molecule has 4 N–H and O–H groups in total. The lowest BCUT2D eigenvalue weighted by Gasteiger charge is -2.20. The molecule has 4 heteroatoms. The number of phenolic OH excluding ortho intramolecular Hbond substituents is 2. The van der Waals surface area contributed by atoms with E-state index in [9.17, 15) is 10.2 Å². The van der Waals surface area contributed by atoms with Gasteiger partial charge in [-0.2, -0.15) is 0 Å². The molecule has 0 aromatic heterocycles. The summed E-state index contributed by atoms with van der Waals surface area (Å²) in [6, 6.07) is 13.8. The monoisotopic (exact) mass is 259 g/mol. The first-order valence-electron chi connectivity index (χ1n) is 6.11. The van der Waals surface area contributed by atoms with E-state index in [-0.39, 0.29) is 11.5 Å². The van der Waals surface area contributed by atoms with E-state index in [2.05, 4.69) is 0 Å². The first-order valence-corrected chi connectivity index (χ1v) is 6.11. The third-order valence-electron chi connectivity index (χ3n) is 2.84. The van der Waals surface area contributed by atoms with Crippen molar-refractivity contribution in [3.05, 3.63) is 59.7 Å². The lowest BCUT2D eigenvalue weighted by molar-refractivity contribution is 0.0829. The normalized spacial score (nSPS) is 10.8. The summed E-state index contributed by atoms with van der Waals surface area (Å²) in [4.78, 5) is 0. The smallest absolute Gasteiger partial charge is 0.121 e. The third kappa shape index (κ3) is 3.05. The van der Waals surface area contributed by atoms with Gasteiger partial charge in [-0.05, 0) is 12.1 Å². The van der Waals surface area contributed by atoms with Gasteiger partial charge in [0.05, 0.1) is 6.61 Å². The van der Waals surface area contributed by atoms with Crippen molar-refractivity contribution in [1.29, 1.82) is 0 Å². The van der Waals surface area contributed by atoms with Gasteiger partial charge in [0, 0.05) is 17.7 Å². The third-order valence-corrected chi connectivity index (χ3v) is 2.84. The number of hydrogen-bond acceptors (Lipinski definition) is 4. The first-order chi connectivity index (χ1) is 9.24. The zero-order valence-corrected chi connectivity index (χ0v) is 10.5. The van der Waals surface area contributed by atoms with Gasteiger partial charge in [-0.25, -0.2) is 0 Å². The Labute approximate surface area is 112 Å². The minimum Gasteiger partial charge on any atom is -0.508 e. The molecule has 0 heterocycles. The second-order valence-electron chi connectivity index (χ2n) is 4.16. The molecule has 0 aliphatic rings. The summed E-state index contributed by atoms with van der Waals surface area (Å²) < 4.78 is 5.68. The van der Waals surface area contributed by atoms with Crippen molar-refractivity contribution in [3.8, 4) is 11.5 Å². The van der Waals surface area contributed by atoms with Gasteiger partial charge < -0.3 is 20.7 Å². The number of rotatable bonds is 5. The number of ether oxygens (including phenoxy) is 1. The Morgan fingerprint density at radius 2 is 1.37 bits per heavy atom. The second kappa shape index (κ2) is 6.22. The van der Waals surface area contributed by atoms with Crippen molar-refractivity contribution in [2.45, 2.75) is 6.10 Å². The fraction of sp³-hybridized carbons (Fsp3) is 0.200. The Kier molecular flexibility index (Phi) is 4.39. The highest BCUT2D eigenvalue weighted by Gasteiger charge is 2.20. The Morgan fingerprint density at radius 3 is 1.79 bits per heavy atom. The van der Waals surface area contributed by atoms with Crippen LogP contribution in [0.15, 0.2) is 48.5 Å². The molecule has 19 heavy (non-hydrogen) atoms. The molecule has 0 radical (unpaired) electrons. The minimum absolute atomic E-state index is 0.132. The van der Waals surface area contributed by atoms with Gasteiger partial charge in [-0.3, -0.25) is 0 Å². The van der Waals surface area contributed by atoms with Crippen LogP contribution >= 0.6 is 0 Å². The van der Waals surface area contributed by atoms with Gasteiger partial charge in [0.2, 0.25) is 0 Å². The van der Waals surface area contributed by atoms with Gasteiger partial charge >= 0.3 is 0 Å². The minimum atomic E-state index is -0.536. The van der Waals surface area contributed by atoms with Crippen LogP contribution in [-0.2, 0) is 4.74 Å². The molecule has 0 spiro atoms. The van der Waals surface area contributed by atoms with Gasteiger partial charge in [0.15, 0.2) is 0 Å². The number of benzene rings is 2. The number of nitrogens with two attached hydrogens (primary N) is 1. The van der Waals surface area contributed by atoms with Gasteiger partial charge in [0.25, 0.3) is 0 Å². The molecule has 0 saturated heterocycles. The Hall–Kier alpha value is -2.04. The second-order valence-corrected chi connectivity index (χ2v) is 4.16. The van der Waals surface area contributed by atoms with Crippen LogP contribution in [0.5, 0.6) is 11.5 Å². The van der Waals surface area contributed by atoms with Gasteiger partial charge in [0.1, 0.15) is 17.6 Å². The molecule has 0 amide bonds. The van der Waals surface area contributed by atoms with Crippen molar-refractivity contribution in [2.75, 3.05) is 13.2 Å². The molecule has 0 bridgehead atoms. The molecule has 0 unspecified atom stereocenters. The Bertz CT molecular complexity index is 497. The van der Waals surface area contributed by atoms with E-state index in [1.165, 1.54) is 0 Å². The maximum atomic E-state index is 9.94. The zero-order chi connectivity index (χ0) is 13.7. The van der Waals surface area contributed by atoms with E-state index < -0.39 is 6.10 Å². The molecule has 0 fully saturated rings. The molecular formula is C15H17NO3. The topological polar surface area (TPSA) is 75.7 Å². The molecule has 100 valence electrons. The average Bonchev–Trinajstić information content (AvgIpc) is 2.42. The van der Waals surface area contributed by atoms with Gasteiger partial charge in [-0.1, -0.05) is 36.4 Å². The summed E-state index contributed by atoms with van der Waals surface area (Å²) in [5.41, 5.74) is 6.68. The Balaban J connectivity index is 2.42. The summed E-state index contributed by atoms with van der Waals surface area (Å²) in [6.07, 6.45) is -0.536. The molecule has 0 aliphatic carbocycles. The Morgan fingerprint density at radius 1 is 0.895 bits per heavy atom. The highest BCUT2D eigenvalue weighted by molar-refractivity contribution is 5.44.